The van der Waals surface area contributed by atoms with Crippen LogP contribution < -0.4 is 15.8 Å². The van der Waals surface area contributed by atoms with Gasteiger partial charge in [-0.15, -0.1) is 0 Å². The van der Waals surface area contributed by atoms with Gasteiger partial charge in [-0.3, -0.25) is 4.79 Å². The number of carbonyl (C=O) groups excluding carboxylic acids is 1. The van der Waals surface area contributed by atoms with Crippen LogP contribution in [0.5, 0.6) is 0 Å². The maximum atomic E-state index is 11.3. The SMILES string of the molecule is CC(=O)Nc1ccc(C(=S)N[C@H](C)c2ccc(S(N)(=O)=O)cc2)cc1. The lowest BCUT2D eigenvalue weighted by Crippen LogP contribution is -2.25. The van der Waals surface area contributed by atoms with E-state index in [4.69, 9.17) is 17.4 Å². The van der Waals surface area contributed by atoms with E-state index in [0.29, 0.717) is 10.7 Å². The third kappa shape index (κ3) is 5.35. The minimum Gasteiger partial charge on any atom is -0.369 e. The molecule has 1 amide bonds. The van der Waals surface area contributed by atoms with Gasteiger partial charge in [-0.05, 0) is 48.9 Å². The van der Waals surface area contributed by atoms with Gasteiger partial charge in [0.25, 0.3) is 0 Å². The Balaban J connectivity index is 2.05. The van der Waals surface area contributed by atoms with Crippen molar-refractivity contribution < 1.29 is 13.2 Å². The van der Waals surface area contributed by atoms with Crippen molar-refractivity contribution in [1.82, 2.24) is 5.32 Å². The van der Waals surface area contributed by atoms with Crippen molar-refractivity contribution in [2.45, 2.75) is 24.8 Å². The van der Waals surface area contributed by atoms with Crippen molar-refractivity contribution in [3.8, 4) is 0 Å². The zero-order valence-electron chi connectivity index (χ0n) is 13.8. The average molecular weight is 377 g/mol. The lowest BCUT2D eigenvalue weighted by molar-refractivity contribution is -0.114. The molecule has 2 aromatic carbocycles. The third-order valence-corrected chi connectivity index (χ3v) is 4.81. The molecule has 2 rings (SSSR count). The molecule has 0 spiro atoms. The summed E-state index contributed by atoms with van der Waals surface area (Å²) in [6, 6.07) is 13.4. The molecule has 0 aliphatic rings. The molecule has 0 aliphatic heterocycles. The molecule has 0 fully saturated rings. The summed E-state index contributed by atoms with van der Waals surface area (Å²) in [7, 11) is -3.70. The van der Waals surface area contributed by atoms with Crippen molar-refractivity contribution in [2.24, 2.45) is 5.14 Å². The number of primary sulfonamides is 1. The van der Waals surface area contributed by atoms with Gasteiger partial charge >= 0.3 is 0 Å². The minimum absolute atomic E-state index is 0.0691. The highest BCUT2D eigenvalue weighted by Crippen LogP contribution is 2.17. The van der Waals surface area contributed by atoms with Gasteiger partial charge in [0, 0.05) is 24.2 Å². The van der Waals surface area contributed by atoms with Gasteiger partial charge in [0.2, 0.25) is 15.9 Å². The standard InChI is InChI=1S/C17H19N3O3S2/c1-11(13-5-9-16(10-6-13)25(18,22)23)19-17(24)14-3-7-15(8-4-14)20-12(2)21/h3-11H,1-2H3,(H,19,24)(H,20,21)(H2,18,22,23)/t11-/m1/s1. The summed E-state index contributed by atoms with van der Waals surface area (Å²) in [6.07, 6.45) is 0. The maximum Gasteiger partial charge on any atom is 0.238 e. The number of anilines is 1. The van der Waals surface area contributed by atoms with E-state index in [1.807, 2.05) is 19.1 Å². The van der Waals surface area contributed by atoms with Crippen LogP contribution in [0.2, 0.25) is 0 Å². The minimum atomic E-state index is -3.70. The van der Waals surface area contributed by atoms with Crippen molar-refractivity contribution in [3.05, 3.63) is 59.7 Å². The number of benzene rings is 2. The molecular weight excluding hydrogens is 358 g/mol. The van der Waals surface area contributed by atoms with Gasteiger partial charge in [0.05, 0.1) is 4.90 Å². The Hall–Kier alpha value is -2.29. The van der Waals surface area contributed by atoms with Crippen LogP contribution in [0.1, 0.15) is 31.0 Å². The molecule has 0 heterocycles. The number of rotatable bonds is 5. The second-order valence-electron chi connectivity index (χ2n) is 5.57. The molecule has 132 valence electrons. The number of nitrogens with two attached hydrogens (primary N) is 1. The van der Waals surface area contributed by atoms with Crippen molar-refractivity contribution in [1.29, 1.82) is 0 Å². The Bertz CT molecular complexity index is 876. The fourth-order valence-electron chi connectivity index (χ4n) is 2.22. The van der Waals surface area contributed by atoms with Gasteiger partial charge < -0.3 is 10.6 Å². The number of amides is 1. The summed E-state index contributed by atoms with van der Waals surface area (Å²) in [5, 5.41) is 11.0. The lowest BCUT2D eigenvalue weighted by atomic mass is 10.1. The smallest absolute Gasteiger partial charge is 0.238 e. The Labute approximate surface area is 152 Å². The van der Waals surface area contributed by atoms with E-state index < -0.39 is 10.0 Å². The fraction of sp³-hybridized carbons (Fsp3) is 0.176. The van der Waals surface area contributed by atoms with Gasteiger partial charge in [-0.25, -0.2) is 13.6 Å². The molecule has 2 aromatic rings. The molecule has 0 unspecified atom stereocenters. The highest BCUT2D eigenvalue weighted by molar-refractivity contribution is 7.89. The quantitative estimate of drug-likeness (QED) is 0.694. The zero-order chi connectivity index (χ0) is 18.6. The molecule has 0 saturated carbocycles. The fourth-order valence-corrected chi connectivity index (χ4v) is 3.05. The Kier molecular flexibility index (Phi) is 5.89. The van der Waals surface area contributed by atoms with E-state index in [0.717, 1.165) is 11.1 Å². The highest BCUT2D eigenvalue weighted by Gasteiger charge is 2.11. The number of sulfonamides is 1. The topological polar surface area (TPSA) is 101 Å². The number of hydrogen-bond donors (Lipinski definition) is 3. The van der Waals surface area contributed by atoms with E-state index in [9.17, 15) is 13.2 Å². The second kappa shape index (κ2) is 7.73. The molecular formula is C17H19N3O3S2. The Morgan fingerprint density at radius 3 is 2.12 bits per heavy atom. The highest BCUT2D eigenvalue weighted by atomic mass is 32.2. The molecule has 0 aromatic heterocycles. The largest absolute Gasteiger partial charge is 0.369 e. The molecule has 1 atom stereocenters. The predicted octanol–water partition coefficient (Wildman–Crippen LogP) is 2.32. The van der Waals surface area contributed by atoms with Crippen LogP contribution in [-0.2, 0) is 14.8 Å². The van der Waals surface area contributed by atoms with Crippen molar-refractivity contribution in [3.63, 3.8) is 0 Å². The monoisotopic (exact) mass is 377 g/mol. The van der Waals surface area contributed by atoms with Crippen LogP contribution in [0.25, 0.3) is 0 Å². The maximum absolute atomic E-state index is 11.3. The predicted molar refractivity (Wildman–Crippen MR) is 102 cm³/mol. The number of carbonyl (C=O) groups is 1. The van der Waals surface area contributed by atoms with Gasteiger partial charge in [0.1, 0.15) is 4.99 Å². The molecule has 0 aliphatic carbocycles. The van der Waals surface area contributed by atoms with Gasteiger partial charge in [-0.2, -0.15) is 0 Å². The molecule has 6 nitrogen and oxygen atoms in total. The molecule has 25 heavy (non-hydrogen) atoms. The van der Waals surface area contributed by atoms with Crippen molar-refractivity contribution >= 4 is 38.8 Å². The average Bonchev–Trinajstić information content (AvgIpc) is 2.54. The zero-order valence-corrected chi connectivity index (χ0v) is 15.4. The number of thiocarbonyl (C=S) groups is 1. The van der Waals surface area contributed by atoms with Crippen LogP contribution in [0.15, 0.2) is 53.4 Å². The summed E-state index contributed by atoms with van der Waals surface area (Å²) >= 11 is 5.40. The molecule has 0 radical (unpaired) electrons. The summed E-state index contributed by atoms with van der Waals surface area (Å²) in [4.78, 5) is 11.6. The lowest BCUT2D eigenvalue weighted by Gasteiger charge is -2.17. The third-order valence-electron chi connectivity index (χ3n) is 3.52. The Morgan fingerprint density at radius 1 is 1.08 bits per heavy atom. The second-order valence-corrected chi connectivity index (χ2v) is 7.54. The summed E-state index contributed by atoms with van der Waals surface area (Å²) in [6.45, 7) is 3.37. The molecule has 0 bridgehead atoms. The number of nitrogens with one attached hydrogen (secondary N) is 2. The normalized spacial score (nSPS) is 12.3. The van der Waals surface area contributed by atoms with E-state index in [-0.39, 0.29) is 16.8 Å². The van der Waals surface area contributed by atoms with Gasteiger partial charge in [0.15, 0.2) is 0 Å². The van der Waals surface area contributed by atoms with Crippen LogP contribution in [-0.4, -0.2) is 19.3 Å². The molecule has 8 heteroatoms. The van der Waals surface area contributed by atoms with E-state index in [1.54, 1.807) is 24.3 Å². The van der Waals surface area contributed by atoms with Crippen LogP contribution >= 0.6 is 12.2 Å². The van der Waals surface area contributed by atoms with Gasteiger partial charge in [-0.1, -0.05) is 24.4 Å². The van der Waals surface area contributed by atoms with Crippen LogP contribution in [0.4, 0.5) is 5.69 Å². The number of hydrogen-bond acceptors (Lipinski definition) is 4. The summed E-state index contributed by atoms with van der Waals surface area (Å²) in [5.74, 6) is -0.134. The molecule has 4 N–H and O–H groups in total. The summed E-state index contributed by atoms with van der Waals surface area (Å²) < 4.78 is 22.6. The van der Waals surface area contributed by atoms with E-state index in [2.05, 4.69) is 10.6 Å². The first kappa shape index (κ1) is 19.0. The first-order valence-electron chi connectivity index (χ1n) is 7.48. The van der Waals surface area contributed by atoms with Crippen molar-refractivity contribution in [2.75, 3.05) is 5.32 Å². The first-order valence-corrected chi connectivity index (χ1v) is 9.43. The molecule has 0 saturated heterocycles. The summed E-state index contributed by atoms with van der Waals surface area (Å²) in [5.41, 5.74) is 2.40. The first-order chi connectivity index (χ1) is 11.7. The Morgan fingerprint density at radius 2 is 1.64 bits per heavy atom. The van der Waals surface area contributed by atoms with Crippen LogP contribution in [0.3, 0.4) is 0 Å². The van der Waals surface area contributed by atoms with E-state index >= 15 is 0 Å². The van der Waals surface area contributed by atoms with Crippen LogP contribution in [0, 0.1) is 0 Å². The van der Waals surface area contributed by atoms with E-state index in [1.165, 1.54) is 19.1 Å².